The van der Waals surface area contributed by atoms with Crippen molar-refractivity contribution in [2.24, 2.45) is 5.73 Å². The monoisotopic (exact) mass is 229 g/mol. The van der Waals surface area contributed by atoms with E-state index in [0.717, 1.165) is 11.8 Å². The normalized spacial score (nSPS) is 16.5. The third kappa shape index (κ3) is 4.46. The van der Waals surface area contributed by atoms with E-state index >= 15 is 0 Å². The highest BCUT2D eigenvalue weighted by Gasteiger charge is 2.27. The van der Waals surface area contributed by atoms with Crippen molar-refractivity contribution in [3.8, 4) is 0 Å². The molecule has 2 atom stereocenters. The van der Waals surface area contributed by atoms with Gasteiger partial charge < -0.3 is 10.8 Å². The average molecular weight is 229 g/mol. The van der Waals surface area contributed by atoms with Crippen molar-refractivity contribution in [3.63, 3.8) is 0 Å². The number of hydrogen-bond acceptors (Lipinski definition) is 5. The Morgan fingerprint density at radius 1 is 1.62 bits per heavy atom. The minimum Gasteiger partial charge on any atom is -0.480 e. The number of hydrogen-bond donors (Lipinski definition) is 3. The summed E-state index contributed by atoms with van der Waals surface area (Å²) < 4.78 is 28.6. The van der Waals surface area contributed by atoms with Gasteiger partial charge in [-0.1, -0.05) is 0 Å². The van der Waals surface area contributed by atoms with Crippen molar-refractivity contribution >= 4 is 27.8 Å². The number of carboxylic acids is 1. The highest BCUT2D eigenvalue weighted by molar-refractivity contribution is 8.11. The molecule has 0 fully saturated rings. The van der Waals surface area contributed by atoms with Crippen molar-refractivity contribution in [2.75, 3.05) is 6.26 Å². The zero-order valence-electron chi connectivity index (χ0n) is 6.87. The van der Waals surface area contributed by atoms with Crippen molar-refractivity contribution < 1.29 is 22.9 Å². The maximum Gasteiger partial charge on any atom is 0.320 e. The largest absolute Gasteiger partial charge is 0.480 e. The maximum atomic E-state index is 10.6. The Balaban J connectivity index is 4.40. The van der Waals surface area contributed by atoms with Gasteiger partial charge >= 0.3 is 5.97 Å². The number of nitrogens with two attached hydrogens (primary N) is 1. The molecule has 0 aliphatic heterocycles. The zero-order valence-corrected chi connectivity index (χ0v) is 8.51. The molecule has 4 N–H and O–H groups in total. The Kier molecular flexibility index (Phi) is 4.68. The molecule has 0 heterocycles. The SMILES string of the molecule is CSC(CC(N)C(=O)O)S(=O)(=O)O. The van der Waals surface area contributed by atoms with Crippen LogP contribution in [0.5, 0.6) is 0 Å². The standard InChI is InChI=1S/C5H11NO5S2/c1-12-4(13(9,10)11)2-3(6)5(7)8/h3-4H,2,6H2,1H3,(H,7,8)(H,9,10,11). The predicted molar refractivity (Wildman–Crippen MR) is 49.1 cm³/mol. The van der Waals surface area contributed by atoms with E-state index in [4.69, 9.17) is 15.4 Å². The van der Waals surface area contributed by atoms with E-state index < -0.39 is 26.7 Å². The third-order valence-corrected chi connectivity index (χ3v) is 4.24. The van der Waals surface area contributed by atoms with E-state index in [0.29, 0.717) is 0 Å². The fourth-order valence-electron chi connectivity index (χ4n) is 0.648. The summed E-state index contributed by atoms with van der Waals surface area (Å²) in [5.41, 5.74) is 5.10. The van der Waals surface area contributed by atoms with E-state index in [2.05, 4.69) is 0 Å². The molecule has 0 aliphatic carbocycles. The van der Waals surface area contributed by atoms with Gasteiger partial charge in [0.2, 0.25) is 0 Å². The fourth-order valence-corrected chi connectivity index (χ4v) is 2.47. The van der Waals surface area contributed by atoms with Gasteiger partial charge in [-0.2, -0.15) is 8.42 Å². The first kappa shape index (κ1) is 12.7. The van der Waals surface area contributed by atoms with Gasteiger partial charge in [0, 0.05) is 6.42 Å². The average Bonchev–Trinajstić information content (AvgIpc) is 1.96. The maximum absolute atomic E-state index is 10.6. The van der Waals surface area contributed by atoms with Crippen LogP contribution in [0.1, 0.15) is 6.42 Å². The molecule has 6 nitrogen and oxygen atoms in total. The summed E-state index contributed by atoms with van der Waals surface area (Å²) in [7, 11) is -4.22. The van der Waals surface area contributed by atoms with E-state index in [1.807, 2.05) is 0 Å². The summed E-state index contributed by atoms with van der Waals surface area (Å²) in [6, 6.07) is -1.28. The highest BCUT2D eigenvalue weighted by Crippen LogP contribution is 2.17. The second kappa shape index (κ2) is 4.80. The third-order valence-electron chi connectivity index (χ3n) is 1.36. The first-order chi connectivity index (χ1) is 5.79. The smallest absolute Gasteiger partial charge is 0.320 e. The van der Waals surface area contributed by atoms with E-state index in [1.165, 1.54) is 6.26 Å². The van der Waals surface area contributed by atoms with Crippen LogP contribution in [0.2, 0.25) is 0 Å². The lowest BCUT2D eigenvalue weighted by atomic mass is 10.2. The molecule has 0 aromatic rings. The molecule has 0 bridgehead atoms. The highest BCUT2D eigenvalue weighted by atomic mass is 32.3. The molecule has 0 aliphatic rings. The number of aliphatic carboxylic acids is 1. The summed E-state index contributed by atoms with van der Waals surface area (Å²) in [5.74, 6) is -1.29. The first-order valence-electron chi connectivity index (χ1n) is 3.26. The summed E-state index contributed by atoms with van der Waals surface area (Å²) in [5, 5.41) is 8.38. The van der Waals surface area contributed by atoms with E-state index in [9.17, 15) is 13.2 Å². The van der Waals surface area contributed by atoms with E-state index in [1.54, 1.807) is 0 Å². The molecule has 0 spiro atoms. The van der Waals surface area contributed by atoms with Crippen LogP contribution in [0, 0.1) is 0 Å². The Morgan fingerprint density at radius 2 is 2.08 bits per heavy atom. The molecule has 2 unspecified atom stereocenters. The van der Waals surface area contributed by atoms with Crippen molar-refractivity contribution in [1.29, 1.82) is 0 Å². The molecule has 0 radical (unpaired) electrons. The van der Waals surface area contributed by atoms with Gasteiger partial charge in [0.05, 0.1) is 0 Å². The Hall–Kier alpha value is -0.310. The van der Waals surface area contributed by atoms with Crippen LogP contribution in [0.15, 0.2) is 0 Å². The minimum atomic E-state index is -4.22. The topological polar surface area (TPSA) is 118 Å². The molecule has 0 aromatic heterocycles. The van der Waals surface area contributed by atoms with Crippen molar-refractivity contribution in [2.45, 2.75) is 17.0 Å². The quantitative estimate of drug-likeness (QED) is 0.537. The first-order valence-corrected chi connectivity index (χ1v) is 6.05. The van der Waals surface area contributed by atoms with Crippen LogP contribution in [-0.4, -0.2) is 40.9 Å². The molecule has 0 saturated heterocycles. The Labute approximate surface area is 80.2 Å². The molecule has 0 amide bonds. The Bertz CT molecular complexity index is 275. The molecule has 0 saturated carbocycles. The molecule has 13 heavy (non-hydrogen) atoms. The lowest BCUT2D eigenvalue weighted by Crippen LogP contribution is -2.35. The van der Waals surface area contributed by atoms with Gasteiger partial charge in [-0.25, -0.2) is 0 Å². The molecular weight excluding hydrogens is 218 g/mol. The molecule has 0 rings (SSSR count). The summed E-state index contributed by atoms with van der Waals surface area (Å²) in [6.45, 7) is 0. The minimum absolute atomic E-state index is 0.310. The lowest BCUT2D eigenvalue weighted by Gasteiger charge is -2.13. The molecule has 8 heteroatoms. The van der Waals surface area contributed by atoms with Crippen LogP contribution in [-0.2, 0) is 14.9 Å². The second-order valence-electron chi connectivity index (χ2n) is 2.36. The molecular formula is C5H11NO5S2. The van der Waals surface area contributed by atoms with Gasteiger partial charge in [0.15, 0.2) is 0 Å². The summed E-state index contributed by atoms with van der Waals surface area (Å²) >= 11 is 0.841. The lowest BCUT2D eigenvalue weighted by molar-refractivity contribution is -0.138. The zero-order chi connectivity index (χ0) is 10.6. The Morgan fingerprint density at radius 3 is 2.31 bits per heavy atom. The molecule has 0 aromatic carbocycles. The van der Waals surface area contributed by atoms with Crippen LogP contribution in [0.25, 0.3) is 0 Å². The van der Waals surface area contributed by atoms with Crippen LogP contribution in [0.4, 0.5) is 0 Å². The van der Waals surface area contributed by atoms with E-state index in [-0.39, 0.29) is 6.42 Å². The predicted octanol–water partition coefficient (Wildman–Crippen LogP) is -0.635. The summed E-state index contributed by atoms with van der Waals surface area (Å²) in [6.07, 6.45) is 1.14. The fraction of sp³-hybridized carbons (Fsp3) is 0.800. The second-order valence-corrected chi connectivity index (χ2v) is 5.30. The van der Waals surface area contributed by atoms with Gasteiger partial charge in [0.1, 0.15) is 10.6 Å². The van der Waals surface area contributed by atoms with Gasteiger partial charge in [-0.3, -0.25) is 9.35 Å². The number of carbonyl (C=O) groups is 1. The number of carboxylic acid groups (broad SMARTS) is 1. The number of rotatable bonds is 5. The van der Waals surface area contributed by atoms with Crippen LogP contribution >= 0.6 is 11.8 Å². The van der Waals surface area contributed by atoms with Gasteiger partial charge in [-0.15, -0.1) is 11.8 Å². The summed E-state index contributed by atoms with van der Waals surface area (Å²) in [4.78, 5) is 10.3. The van der Waals surface area contributed by atoms with Crippen molar-refractivity contribution in [1.82, 2.24) is 0 Å². The van der Waals surface area contributed by atoms with Crippen LogP contribution in [0.3, 0.4) is 0 Å². The molecule has 78 valence electrons. The van der Waals surface area contributed by atoms with Gasteiger partial charge in [-0.05, 0) is 6.26 Å². The van der Waals surface area contributed by atoms with Crippen molar-refractivity contribution in [3.05, 3.63) is 0 Å². The van der Waals surface area contributed by atoms with Crippen LogP contribution < -0.4 is 5.73 Å². The van der Waals surface area contributed by atoms with Gasteiger partial charge in [0.25, 0.3) is 10.1 Å². The number of thioether (sulfide) groups is 1.